The normalized spacial score (nSPS) is 12.7. The van der Waals surface area contributed by atoms with Crippen LogP contribution in [-0.2, 0) is 23.7 Å². The molecule has 0 heterocycles. The van der Waals surface area contributed by atoms with Crippen molar-refractivity contribution in [2.75, 3.05) is 64.4 Å². The minimum Gasteiger partial charge on any atom is -0.378 e. The molecule has 0 spiro atoms. The van der Waals surface area contributed by atoms with Gasteiger partial charge in [-0.15, -0.1) is 0 Å². The Morgan fingerprint density at radius 3 is 1.32 bits per heavy atom. The Labute approximate surface area is 162 Å². The largest absolute Gasteiger partial charge is 0.378 e. The van der Waals surface area contributed by atoms with Crippen LogP contribution < -0.4 is 0 Å². The fourth-order valence-electron chi connectivity index (χ4n) is 1.54. The molecule has 0 bridgehead atoms. The molecular weight excluding hydrogens is 360 g/mol. The molecule has 0 fully saturated rings. The first-order valence-corrected chi connectivity index (χ1v) is 11.4. The second kappa shape index (κ2) is 15.5. The van der Waals surface area contributed by atoms with Gasteiger partial charge in [-0.1, -0.05) is 21.6 Å². The van der Waals surface area contributed by atoms with Crippen LogP contribution in [0.4, 0.5) is 0 Å². The predicted molar refractivity (Wildman–Crippen MR) is 109 cm³/mol. The Bertz CT molecular complexity index is 262. The Balaban J connectivity index is 3.08. The summed E-state index contributed by atoms with van der Waals surface area (Å²) in [6, 6.07) is 0. The first-order valence-electron chi connectivity index (χ1n) is 8.96. The van der Waals surface area contributed by atoms with E-state index >= 15 is 0 Å². The molecule has 0 aliphatic rings. The third-order valence-electron chi connectivity index (χ3n) is 2.60. The fraction of sp³-hybridized carbons (Fsp3) is 1.00. The smallest absolute Gasteiger partial charge is 0.0707 e. The quantitative estimate of drug-likeness (QED) is 0.287. The molecule has 0 aromatic heterocycles. The van der Waals surface area contributed by atoms with Gasteiger partial charge in [0, 0.05) is 11.5 Å². The van der Waals surface area contributed by atoms with Gasteiger partial charge in [0.1, 0.15) is 0 Å². The minimum atomic E-state index is -0.103. The van der Waals surface area contributed by atoms with E-state index in [9.17, 15) is 0 Å². The Morgan fingerprint density at radius 2 is 0.840 bits per heavy atom. The van der Waals surface area contributed by atoms with Crippen LogP contribution in [0.15, 0.2) is 0 Å². The Morgan fingerprint density at radius 1 is 0.480 bits per heavy atom. The van der Waals surface area contributed by atoms with Crippen LogP contribution in [0.3, 0.4) is 0 Å². The zero-order valence-electron chi connectivity index (χ0n) is 16.9. The summed E-state index contributed by atoms with van der Waals surface area (Å²) in [5, 5.41) is 0. The lowest BCUT2D eigenvalue weighted by atomic mass is 10.2. The molecule has 0 atom stereocenters. The van der Waals surface area contributed by atoms with E-state index in [0.29, 0.717) is 39.6 Å². The summed E-state index contributed by atoms with van der Waals surface area (Å²) in [4.78, 5) is 0. The van der Waals surface area contributed by atoms with Crippen LogP contribution >= 0.6 is 21.6 Å². The summed E-state index contributed by atoms with van der Waals surface area (Å²) < 4.78 is 27.6. The van der Waals surface area contributed by atoms with Crippen molar-refractivity contribution in [1.29, 1.82) is 0 Å². The van der Waals surface area contributed by atoms with Crippen molar-refractivity contribution < 1.29 is 23.7 Å². The second-order valence-corrected chi connectivity index (χ2v) is 10.1. The Hall–Kier alpha value is 0.500. The zero-order chi connectivity index (χ0) is 19.0. The van der Waals surface area contributed by atoms with Crippen molar-refractivity contribution in [3.05, 3.63) is 0 Å². The van der Waals surface area contributed by atoms with Crippen LogP contribution in [-0.4, -0.2) is 75.6 Å². The van der Waals surface area contributed by atoms with Crippen LogP contribution in [0.25, 0.3) is 0 Å². The van der Waals surface area contributed by atoms with Gasteiger partial charge < -0.3 is 23.7 Å². The lowest BCUT2D eigenvalue weighted by Crippen LogP contribution is -2.22. The van der Waals surface area contributed by atoms with E-state index in [1.165, 1.54) is 0 Å². The van der Waals surface area contributed by atoms with Crippen molar-refractivity contribution in [3.63, 3.8) is 0 Å². The first kappa shape index (κ1) is 25.5. The minimum absolute atomic E-state index is 0.0421. The number of rotatable bonds is 16. The van der Waals surface area contributed by atoms with E-state index in [0.717, 1.165) is 24.7 Å². The molecule has 0 radical (unpaired) electrons. The molecular formula is C18H38O5S2. The SMILES string of the molecule is CC(C)(C)OCCOCCOCCOCCSSCCOC(C)(C)C. The summed E-state index contributed by atoms with van der Waals surface area (Å²) in [7, 11) is 3.65. The lowest BCUT2D eigenvalue weighted by Gasteiger charge is -2.19. The van der Waals surface area contributed by atoms with Gasteiger partial charge in [0.2, 0.25) is 0 Å². The molecule has 0 N–H and O–H groups in total. The third kappa shape index (κ3) is 24.5. The maximum atomic E-state index is 5.66. The summed E-state index contributed by atoms with van der Waals surface area (Å²) in [5.74, 6) is 1.99. The van der Waals surface area contributed by atoms with Gasteiger partial charge in [-0.2, -0.15) is 0 Å². The number of ether oxygens (including phenoxy) is 5. The molecule has 0 aromatic carbocycles. The van der Waals surface area contributed by atoms with Gasteiger partial charge in [0.05, 0.1) is 64.1 Å². The average molecular weight is 399 g/mol. The highest BCUT2D eigenvalue weighted by Crippen LogP contribution is 2.21. The predicted octanol–water partition coefficient (Wildman–Crippen LogP) is 4.05. The van der Waals surface area contributed by atoms with E-state index in [1.807, 2.05) is 42.4 Å². The fourth-order valence-corrected chi connectivity index (χ4v) is 3.23. The lowest BCUT2D eigenvalue weighted by molar-refractivity contribution is -0.0448. The van der Waals surface area contributed by atoms with Gasteiger partial charge in [-0.25, -0.2) is 0 Å². The number of hydrogen-bond acceptors (Lipinski definition) is 7. The maximum Gasteiger partial charge on any atom is 0.0707 e. The molecule has 0 saturated heterocycles. The molecule has 0 amide bonds. The molecule has 25 heavy (non-hydrogen) atoms. The molecule has 5 nitrogen and oxygen atoms in total. The number of hydrogen-bond donors (Lipinski definition) is 0. The molecule has 0 unspecified atom stereocenters. The van der Waals surface area contributed by atoms with Crippen LogP contribution in [0.2, 0.25) is 0 Å². The van der Waals surface area contributed by atoms with Crippen molar-refractivity contribution in [3.8, 4) is 0 Å². The molecule has 0 aromatic rings. The topological polar surface area (TPSA) is 46.2 Å². The van der Waals surface area contributed by atoms with Crippen molar-refractivity contribution >= 4 is 21.6 Å². The van der Waals surface area contributed by atoms with Gasteiger partial charge in [0.15, 0.2) is 0 Å². The molecule has 0 rings (SSSR count). The van der Waals surface area contributed by atoms with Gasteiger partial charge >= 0.3 is 0 Å². The van der Waals surface area contributed by atoms with E-state index in [4.69, 9.17) is 23.7 Å². The van der Waals surface area contributed by atoms with E-state index in [2.05, 4.69) is 20.8 Å². The van der Waals surface area contributed by atoms with Crippen LogP contribution in [0.1, 0.15) is 41.5 Å². The summed E-state index contributed by atoms with van der Waals surface area (Å²) >= 11 is 0. The monoisotopic (exact) mass is 398 g/mol. The third-order valence-corrected chi connectivity index (χ3v) is 4.94. The van der Waals surface area contributed by atoms with Gasteiger partial charge in [-0.3, -0.25) is 0 Å². The molecule has 152 valence electrons. The second-order valence-electron chi connectivity index (χ2n) is 7.40. The highest BCUT2D eigenvalue weighted by Gasteiger charge is 2.09. The van der Waals surface area contributed by atoms with Gasteiger partial charge in [0.25, 0.3) is 0 Å². The Kier molecular flexibility index (Phi) is 15.9. The molecule has 0 aliphatic carbocycles. The van der Waals surface area contributed by atoms with E-state index < -0.39 is 0 Å². The van der Waals surface area contributed by atoms with Crippen molar-refractivity contribution in [1.82, 2.24) is 0 Å². The molecule has 0 aliphatic heterocycles. The highest BCUT2D eigenvalue weighted by atomic mass is 33.1. The maximum absolute atomic E-state index is 5.66. The standard InChI is InChI=1S/C18H38O5S2/c1-17(2,3)22-12-11-20-8-7-19-9-10-21-13-15-24-25-16-14-23-18(4,5)6/h7-16H2,1-6H3. The average Bonchev–Trinajstić information content (AvgIpc) is 2.48. The van der Waals surface area contributed by atoms with Crippen molar-refractivity contribution in [2.45, 2.75) is 52.7 Å². The summed E-state index contributed by atoms with van der Waals surface area (Å²) in [6.45, 7) is 17.5. The highest BCUT2D eigenvalue weighted by molar-refractivity contribution is 8.76. The summed E-state index contributed by atoms with van der Waals surface area (Å²) in [5.41, 5.74) is -0.145. The van der Waals surface area contributed by atoms with Gasteiger partial charge in [-0.05, 0) is 41.5 Å². The summed E-state index contributed by atoms with van der Waals surface area (Å²) in [6.07, 6.45) is 0. The first-order chi connectivity index (χ1) is 11.7. The van der Waals surface area contributed by atoms with Crippen LogP contribution in [0, 0.1) is 0 Å². The van der Waals surface area contributed by atoms with Crippen molar-refractivity contribution in [2.24, 2.45) is 0 Å². The van der Waals surface area contributed by atoms with Crippen LogP contribution in [0.5, 0.6) is 0 Å². The zero-order valence-corrected chi connectivity index (χ0v) is 18.6. The van der Waals surface area contributed by atoms with E-state index in [-0.39, 0.29) is 11.2 Å². The van der Waals surface area contributed by atoms with E-state index in [1.54, 1.807) is 0 Å². The molecule has 7 heteroatoms. The molecule has 0 saturated carbocycles.